The molecule has 0 atom stereocenters. The number of ether oxygens (including phenoxy) is 2. The van der Waals surface area contributed by atoms with Crippen LogP contribution in [0.2, 0.25) is 0 Å². The zero-order valence-corrected chi connectivity index (χ0v) is 7.49. The molecule has 2 rings (SSSR count). The first-order valence-corrected chi connectivity index (χ1v) is 5.36. The molecule has 2 aliphatic rings. The zero-order chi connectivity index (χ0) is 7.57. The van der Waals surface area contributed by atoms with Gasteiger partial charge in [-0.2, -0.15) is 11.8 Å². The Kier molecular flexibility index (Phi) is 2.39. The molecule has 2 nitrogen and oxygen atoms in total. The number of thioether (sulfide) groups is 1. The van der Waals surface area contributed by atoms with Gasteiger partial charge in [-0.25, -0.2) is 0 Å². The SMILES string of the molecule is C1COC2(CCSCC2)CO1. The molecule has 0 aromatic rings. The second-order valence-electron chi connectivity index (χ2n) is 3.20. The lowest BCUT2D eigenvalue weighted by Gasteiger charge is -2.39. The first-order valence-electron chi connectivity index (χ1n) is 4.21. The molecule has 2 heterocycles. The van der Waals surface area contributed by atoms with Crippen molar-refractivity contribution in [1.29, 1.82) is 0 Å². The first kappa shape index (κ1) is 7.90. The van der Waals surface area contributed by atoms with E-state index in [2.05, 4.69) is 0 Å². The van der Waals surface area contributed by atoms with Crippen LogP contribution in [0.3, 0.4) is 0 Å². The Hall–Kier alpha value is 0.270. The van der Waals surface area contributed by atoms with E-state index in [4.69, 9.17) is 9.47 Å². The van der Waals surface area contributed by atoms with Crippen molar-refractivity contribution >= 4 is 11.8 Å². The number of rotatable bonds is 0. The van der Waals surface area contributed by atoms with Crippen molar-refractivity contribution in [2.45, 2.75) is 18.4 Å². The van der Waals surface area contributed by atoms with Crippen LogP contribution in [0.15, 0.2) is 0 Å². The van der Waals surface area contributed by atoms with E-state index in [-0.39, 0.29) is 5.60 Å². The molecule has 0 aliphatic carbocycles. The predicted molar refractivity (Wildman–Crippen MR) is 46.1 cm³/mol. The monoisotopic (exact) mass is 174 g/mol. The molecule has 0 amide bonds. The molecule has 2 aliphatic heterocycles. The molecule has 3 heteroatoms. The maximum Gasteiger partial charge on any atom is 0.0931 e. The summed E-state index contributed by atoms with van der Waals surface area (Å²) in [5.74, 6) is 2.48. The Morgan fingerprint density at radius 1 is 1.09 bits per heavy atom. The largest absolute Gasteiger partial charge is 0.376 e. The van der Waals surface area contributed by atoms with Gasteiger partial charge in [-0.3, -0.25) is 0 Å². The zero-order valence-electron chi connectivity index (χ0n) is 6.67. The quantitative estimate of drug-likeness (QED) is 0.551. The highest BCUT2D eigenvalue weighted by Crippen LogP contribution is 2.32. The molecular weight excluding hydrogens is 160 g/mol. The summed E-state index contributed by atoms with van der Waals surface area (Å²) in [7, 11) is 0. The van der Waals surface area contributed by atoms with Gasteiger partial charge >= 0.3 is 0 Å². The van der Waals surface area contributed by atoms with Crippen LogP contribution in [0, 0.1) is 0 Å². The Morgan fingerprint density at radius 3 is 2.55 bits per heavy atom. The van der Waals surface area contributed by atoms with Crippen LogP contribution >= 0.6 is 11.8 Å². The van der Waals surface area contributed by atoms with Crippen molar-refractivity contribution < 1.29 is 9.47 Å². The van der Waals surface area contributed by atoms with Crippen LogP contribution in [-0.2, 0) is 9.47 Å². The Bertz CT molecular complexity index is 107. The van der Waals surface area contributed by atoms with Crippen LogP contribution < -0.4 is 0 Å². The molecule has 64 valence electrons. The molecule has 11 heavy (non-hydrogen) atoms. The second kappa shape index (κ2) is 3.33. The molecule has 0 radical (unpaired) electrons. The third-order valence-electron chi connectivity index (χ3n) is 2.41. The standard InChI is InChI=1S/C8H14O2S/c1-5-11-6-2-8(1)7-9-3-4-10-8/h1-7H2. The third kappa shape index (κ3) is 1.71. The van der Waals surface area contributed by atoms with Crippen LogP contribution in [-0.4, -0.2) is 36.9 Å². The molecule has 0 saturated carbocycles. The van der Waals surface area contributed by atoms with E-state index in [1.54, 1.807) is 0 Å². The maximum absolute atomic E-state index is 5.77. The van der Waals surface area contributed by atoms with E-state index >= 15 is 0 Å². The smallest absolute Gasteiger partial charge is 0.0931 e. The normalized spacial score (nSPS) is 30.5. The summed E-state index contributed by atoms with van der Waals surface area (Å²) in [6, 6.07) is 0. The van der Waals surface area contributed by atoms with Crippen LogP contribution in [0.25, 0.3) is 0 Å². The number of hydrogen-bond acceptors (Lipinski definition) is 3. The Morgan fingerprint density at radius 2 is 1.91 bits per heavy atom. The minimum absolute atomic E-state index is 0.115. The summed E-state index contributed by atoms with van der Waals surface area (Å²) in [5.41, 5.74) is 0.115. The molecule has 1 spiro atoms. The van der Waals surface area contributed by atoms with Crippen molar-refractivity contribution in [1.82, 2.24) is 0 Å². The second-order valence-corrected chi connectivity index (χ2v) is 4.42. The Balaban J connectivity index is 1.94. The van der Waals surface area contributed by atoms with Crippen molar-refractivity contribution in [3.05, 3.63) is 0 Å². The van der Waals surface area contributed by atoms with E-state index in [1.165, 1.54) is 24.3 Å². The summed E-state index contributed by atoms with van der Waals surface area (Å²) in [6.45, 7) is 2.41. The fourth-order valence-electron chi connectivity index (χ4n) is 1.65. The van der Waals surface area contributed by atoms with Gasteiger partial charge in [-0.15, -0.1) is 0 Å². The van der Waals surface area contributed by atoms with E-state index in [9.17, 15) is 0 Å². The van der Waals surface area contributed by atoms with Gasteiger partial charge in [0.05, 0.1) is 25.4 Å². The van der Waals surface area contributed by atoms with Crippen LogP contribution in [0.5, 0.6) is 0 Å². The van der Waals surface area contributed by atoms with Gasteiger partial charge in [0.1, 0.15) is 0 Å². The maximum atomic E-state index is 5.77. The minimum Gasteiger partial charge on any atom is -0.376 e. The van der Waals surface area contributed by atoms with Gasteiger partial charge < -0.3 is 9.47 Å². The third-order valence-corrected chi connectivity index (χ3v) is 3.39. The highest BCUT2D eigenvalue weighted by atomic mass is 32.2. The van der Waals surface area contributed by atoms with E-state index in [1.807, 2.05) is 11.8 Å². The van der Waals surface area contributed by atoms with E-state index in [0.717, 1.165) is 19.8 Å². The van der Waals surface area contributed by atoms with Crippen molar-refractivity contribution in [3.8, 4) is 0 Å². The van der Waals surface area contributed by atoms with Crippen molar-refractivity contribution in [3.63, 3.8) is 0 Å². The first-order chi connectivity index (χ1) is 5.41. The van der Waals surface area contributed by atoms with Crippen molar-refractivity contribution in [2.24, 2.45) is 0 Å². The molecule has 2 fully saturated rings. The van der Waals surface area contributed by atoms with E-state index < -0.39 is 0 Å². The summed E-state index contributed by atoms with van der Waals surface area (Å²) < 4.78 is 11.2. The highest BCUT2D eigenvalue weighted by molar-refractivity contribution is 7.99. The summed E-state index contributed by atoms with van der Waals surface area (Å²) >= 11 is 2.03. The minimum atomic E-state index is 0.115. The lowest BCUT2D eigenvalue weighted by Crippen LogP contribution is -2.45. The van der Waals surface area contributed by atoms with Gasteiger partial charge in [0.25, 0.3) is 0 Å². The van der Waals surface area contributed by atoms with E-state index in [0.29, 0.717) is 0 Å². The fraction of sp³-hybridized carbons (Fsp3) is 1.00. The molecule has 0 aromatic carbocycles. The number of hydrogen-bond donors (Lipinski definition) is 0. The summed E-state index contributed by atoms with van der Waals surface area (Å²) in [5, 5.41) is 0. The molecule has 0 unspecified atom stereocenters. The molecule has 2 saturated heterocycles. The lowest BCUT2D eigenvalue weighted by molar-refractivity contribution is -0.159. The molecular formula is C8H14O2S. The molecule has 0 N–H and O–H groups in total. The van der Waals surface area contributed by atoms with Gasteiger partial charge in [-0.05, 0) is 24.3 Å². The van der Waals surface area contributed by atoms with Gasteiger partial charge in [0, 0.05) is 0 Å². The van der Waals surface area contributed by atoms with Gasteiger partial charge in [0.2, 0.25) is 0 Å². The lowest BCUT2D eigenvalue weighted by atomic mass is 9.97. The molecule has 0 aromatic heterocycles. The fourth-order valence-corrected chi connectivity index (χ4v) is 2.89. The van der Waals surface area contributed by atoms with Crippen LogP contribution in [0.4, 0.5) is 0 Å². The predicted octanol–water partition coefficient (Wildman–Crippen LogP) is 1.30. The average molecular weight is 174 g/mol. The average Bonchev–Trinajstić information content (AvgIpc) is 2.07. The topological polar surface area (TPSA) is 18.5 Å². The highest BCUT2D eigenvalue weighted by Gasteiger charge is 2.35. The van der Waals surface area contributed by atoms with Crippen LogP contribution in [0.1, 0.15) is 12.8 Å². The molecule has 0 bridgehead atoms. The Labute approximate surface area is 71.6 Å². The van der Waals surface area contributed by atoms with Gasteiger partial charge in [0.15, 0.2) is 0 Å². The van der Waals surface area contributed by atoms with Gasteiger partial charge in [-0.1, -0.05) is 0 Å². The summed E-state index contributed by atoms with van der Waals surface area (Å²) in [4.78, 5) is 0. The van der Waals surface area contributed by atoms with Crippen molar-refractivity contribution in [2.75, 3.05) is 31.3 Å². The summed E-state index contributed by atoms with van der Waals surface area (Å²) in [6.07, 6.45) is 2.36.